The van der Waals surface area contributed by atoms with Gasteiger partial charge in [-0.3, -0.25) is 4.79 Å². The number of hydrogen-bond donors (Lipinski definition) is 1. The molecule has 0 aromatic heterocycles. The molecular weight excluding hydrogens is 286 g/mol. The van der Waals surface area contributed by atoms with Gasteiger partial charge in [-0.2, -0.15) is 0 Å². The Balaban J connectivity index is 2.07. The van der Waals surface area contributed by atoms with Gasteiger partial charge in [0.15, 0.2) is 0 Å². The summed E-state index contributed by atoms with van der Waals surface area (Å²) in [7, 11) is 0. The van der Waals surface area contributed by atoms with Crippen LogP contribution >= 0.6 is 0 Å². The maximum atomic E-state index is 11.7. The van der Waals surface area contributed by atoms with Crippen molar-refractivity contribution in [3.8, 4) is 11.1 Å². The summed E-state index contributed by atoms with van der Waals surface area (Å²) in [5.74, 6) is -0.340. The molecule has 2 aromatic rings. The lowest BCUT2D eigenvalue weighted by atomic mass is 9.92. The highest BCUT2D eigenvalue weighted by molar-refractivity contribution is 5.72. The van der Waals surface area contributed by atoms with Gasteiger partial charge in [0.05, 0.1) is 12.5 Å². The summed E-state index contributed by atoms with van der Waals surface area (Å²) >= 11 is 0. The van der Waals surface area contributed by atoms with E-state index in [1.54, 1.807) is 0 Å². The van der Waals surface area contributed by atoms with Crippen molar-refractivity contribution in [2.24, 2.45) is 11.7 Å². The lowest BCUT2D eigenvalue weighted by molar-refractivity contribution is -0.147. The number of nitrogens with two attached hydrogens (primary N) is 1. The van der Waals surface area contributed by atoms with Gasteiger partial charge in [-0.25, -0.2) is 0 Å². The number of benzene rings is 2. The molecule has 0 aliphatic heterocycles. The molecule has 3 nitrogen and oxygen atoms in total. The van der Waals surface area contributed by atoms with Crippen LogP contribution in [-0.2, 0) is 16.0 Å². The van der Waals surface area contributed by atoms with Gasteiger partial charge in [-0.05, 0) is 36.5 Å². The third kappa shape index (κ3) is 4.93. The van der Waals surface area contributed by atoms with E-state index in [0.29, 0.717) is 13.0 Å². The van der Waals surface area contributed by atoms with Crippen LogP contribution in [0.25, 0.3) is 11.1 Å². The molecule has 0 heterocycles. The average molecular weight is 311 g/mol. The van der Waals surface area contributed by atoms with Gasteiger partial charge in [0.2, 0.25) is 0 Å². The Morgan fingerprint density at radius 1 is 1.09 bits per heavy atom. The molecule has 0 amide bonds. The van der Waals surface area contributed by atoms with E-state index < -0.39 is 0 Å². The largest absolute Gasteiger partial charge is 0.466 e. The molecule has 23 heavy (non-hydrogen) atoms. The molecule has 0 bridgehead atoms. The Labute approximate surface area is 138 Å². The number of hydrogen-bond acceptors (Lipinski definition) is 3. The standard InChI is InChI=1S/C20H25NO2/c1-3-23-20(22)15(2)13-18(21)14-17-11-7-8-12-19(17)16-9-5-4-6-10-16/h4-12,15,18H,3,13-14,21H2,1-2H3/t15-,18+/m1/s1. The van der Waals surface area contributed by atoms with Gasteiger partial charge in [0.25, 0.3) is 0 Å². The van der Waals surface area contributed by atoms with Crippen LogP contribution in [0.4, 0.5) is 0 Å². The number of carbonyl (C=O) groups excluding carboxylic acids is 1. The van der Waals surface area contributed by atoms with Gasteiger partial charge in [0.1, 0.15) is 0 Å². The SMILES string of the molecule is CCOC(=O)[C@H](C)C[C@H](N)Cc1ccccc1-c1ccccc1. The van der Waals surface area contributed by atoms with E-state index in [-0.39, 0.29) is 17.9 Å². The molecule has 0 unspecified atom stereocenters. The summed E-state index contributed by atoms with van der Waals surface area (Å²) < 4.78 is 5.05. The summed E-state index contributed by atoms with van der Waals surface area (Å²) in [5.41, 5.74) is 9.88. The summed E-state index contributed by atoms with van der Waals surface area (Å²) in [6.45, 7) is 4.11. The van der Waals surface area contributed by atoms with E-state index in [1.165, 1.54) is 16.7 Å². The van der Waals surface area contributed by atoms with E-state index in [2.05, 4.69) is 24.3 Å². The highest BCUT2D eigenvalue weighted by atomic mass is 16.5. The van der Waals surface area contributed by atoms with Crippen LogP contribution in [0.15, 0.2) is 54.6 Å². The minimum atomic E-state index is -0.172. The van der Waals surface area contributed by atoms with E-state index >= 15 is 0 Å². The Morgan fingerprint density at radius 2 is 1.74 bits per heavy atom. The maximum absolute atomic E-state index is 11.7. The van der Waals surface area contributed by atoms with Crippen LogP contribution in [0, 0.1) is 5.92 Å². The van der Waals surface area contributed by atoms with Crippen molar-refractivity contribution in [2.75, 3.05) is 6.61 Å². The molecular formula is C20H25NO2. The monoisotopic (exact) mass is 311 g/mol. The van der Waals surface area contributed by atoms with Crippen molar-refractivity contribution in [2.45, 2.75) is 32.7 Å². The molecule has 0 saturated carbocycles. The first-order valence-corrected chi connectivity index (χ1v) is 8.17. The number of ether oxygens (including phenoxy) is 1. The average Bonchev–Trinajstić information content (AvgIpc) is 2.56. The number of esters is 1. The van der Waals surface area contributed by atoms with E-state index in [0.717, 1.165) is 6.42 Å². The second-order valence-corrected chi connectivity index (χ2v) is 5.88. The zero-order valence-corrected chi connectivity index (χ0v) is 13.9. The van der Waals surface area contributed by atoms with Crippen LogP contribution in [0.5, 0.6) is 0 Å². The van der Waals surface area contributed by atoms with Gasteiger partial charge in [-0.15, -0.1) is 0 Å². The summed E-state index contributed by atoms with van der Waals surface area (Å²) in [6, 6.07) is 18.5. The topological polar surface area (TPSA) is 52.3 Å². The third-order valence-corrected chi connectivity index (χ3v) is 3.93. The van der Waals surface area contributed by atoms with Crippen molar-refractivity contribution in [3.63, 3.8) is 0 Å². The Bertz CT molecular complexity index is 625. The molecule has 0 aliphatic carbocycles. The maximum Gasteiger partial charge on any atom is 0.308 e. The van der Waals surface area contributed by atoms with Crippen molar-refractivity contribution in [3.05, 3.63) is 60.2 Å². The van der Waals surface area contributed by atoms with Crippen LogP contribution in [0.3, 0.4) is 0 Å². The highest BCUT2D eigenvalue weighted by Crippen LogP contribution is 2.25. The molecule has 2 N–H and O–H groups in total. The van der Waals surface area contributed by atoms with Crippen LogP contribution in [0.1, 0.15) is 25.8 Å². The Morgan fingerprint density at radius 3 is 2.43 bits per heavy atom. The fourth-order valence-electron chi connectivity index (χ4n) is 2.80. The first-order valence-electron chi connectivity index (χ1n) is 8.17. The molecule has 0 aliphatic rings. The molecule has 2 aromatic carbocycles. The smallest absolute Gasteiger partial charge is 0.308 e. The molecule has 2 rings (SSSR count). The van der Waals surface area contributed by atoms with E-state index in [4.69, 9.17) is 10.5 Å². The van der Waals surface area contributed by atoms with Gasteiger partial charge in [-0.1, -0.05) is 61.5 Å². The van der Waals surface area contributed by atoms with Gasteiger partial charge in [0, 0.05) is 6.04 Å². The minimum absolute atomic E-state index is 0.0701. The van der Waals surface area contributed by atoms with Crippen molar-refractivity contribution in [1.82, 2.24) is 0 Å². The van der Waals surface area contributed by atoms with E-state index in [9.17, 15) is 4.79 Å². The predicted molar refractivity (Wildman–Crippen MR) is 94.0 cm³/mol. The molecule has 0 spiro atoms. The number of carbonyl (C=O) groups is 1. The second-order valence-electron chi connectivity index (χ2n) is 5.88. The lowest BCUT2D eigenvalue weighted by Crippen LogP contribution is -2.29. The Kier molecular flexibility index (Phi) is 6.36. The zero-order valence-electron chi connectivity index (χ0n) is 13.9. The van der Waals surface area contributed by atoms with Gasteiger partial charge < -0.3 is 10.5 Å². The van der Waals surface area contributed by atoms with E-state index in [1.807, 2.05) is 44.2 Å². The summed E-state index contributed by atoms with van der Waals surface area (Å²) in [4.78, 5) is 11.7. The Hall–Kier alpha value is -2.13. The molecule has 2 atom stereocenters. The molecule has 0 fully saturated rings. The molecule has 0 saturated heterocycles. The summed E-state index contributed by atoms with van der Waals surface area (Å²) in [6.07, 6.45) is 1.37. The quantitative estimate of drug-likeness (QED) is 0.791. The van der Waals surface area contributed by atoms with Crippen molar-refractivity contribution < 1.29 is 9.53 Å². The lowest BCUT2D eigenvalue weighted by Gasteiger charge is -2.18. The van der Waals surface area contributed by atoms with Gasteiger partial charge >= 0.3 is 5.97 Å². The molecule has 3 heteroatoms. The first-order chi connectivity index (χ1) is 11.1. The van der Waals surface area contributed by atoms with Crippen LogP contribution < -0.4 is 5.73 Å². The summed E-state index contributed by atoms with van der Waals surface area (Å²) in [5, 5.41) is 0. The predicted octanol–water partition coefficient (Wildman–Crippen LogP) is 3.81. The van der Waals surface area contributed by atoms with Crippen LogP contribution in [0.2, 0.25) is 0 Å². The fraction of sp³-hybridized carbons (Fsp3) is 0.350. The van der Waals surface area contributed by atoms with Crippen LogP contribution in [-0.4, -0.2) is 18.6 Å². The zero-order chi connectivity index (χ0) is 16.7. The van der Waals surface area contributed by atoms with Crippen molar-refractivity contribution >= 4 is 5.97 Å². The minimum Gasteiger partial charge on any atom is -0.466 e. The molecule has 122 valence electrons. The molecule has 0 radical (unpaired) electrons. The third-order valence-electron chi connectivity index (χ3n) is 3.93. The first kappa shape index (κ1) is 17.2. The second kappa shape index (κ2) is 8.49. The normalized spacial score (nSPS) is 13.3. The van der Waals surface area contributed by atoms with Crippen molar-refractivity contribution in [1.29, 1.82) is 0 Å². The number of rotatable bonds is 7. The highest BCUT2D eigenvalue weighted by Gasteiger charge is 2.18. The fourth-order valence-corrected chi connectivity index (χ4v) is 2.80.